The van der Waals surface area contributed by atoms with Gasteiger partial charge in [-0.3, -0.25) is 4.55 Å². The molecule has 7 heteroatoms. The lowest BCUT2D eigenvalue weighted by atomic mass is 10.1. The molecular formula is C16H18N2O4S. The Morgan fingerprint density at radius 2 is 1.61 bits per heavy atom. The first kappa shape index (κ1) is 16.9. The molecule has 2 rings (SSSR count). The van der Waals surface area contributed by atoms with Crippen molar-refractivity contribution in [1.82, 2.24) is 0 Å². The second kappa shape index (κ2) is 6.72. The van der Waals surface area contributed by atoms with E-state index in [1.807, 2.05) is 6.92 Å². The lowest BCUT2D eigenvalue weighted by Gasteiger charge is -2.08. The molecule has 0 bridgehead atoms. The molecule has 2 aromatic rings. The van der Waals surface area contributed by atoms with Crippen LogP contribution in [-0.2, 0) is 10.1 Å². The summed E-state index contributed by atoms with van der Waals surface area (Å²) < 4.78 is 37.7. The molecule has 0 spiro atoms. The molecule has 122 valence electrons. The molecule has 5 N–H and O–H groups in total. The fraction of sp³-hybridized carbons (Fsp3) is 0.125. The number of hydrogen-bond acceptors (Lipinski definition) is 5. The summed E-state index contributed by atoms with van der Waals surface area (Å²) in [6.45, 7) is 2.33. The number of nitrogens with two attached hydrogens (primary N) is 2. The number of benzene rings is 2. The van der Waals surface area contributed by atoms with Gasteiger partial charge in [0.2, 0.25) is 0 Å². The maximum absolute atomic E-state index is 11.5. The topological polar surface area (TPSA) is 116 Å². The molecule has 6 nitrogen and oxygen atoms in total. The van der Waals surface area contributed by atoms with E-state index in [1.165, 1.54) is 12.1 Å². The number of anilines is 2. The molecule has 23 heavy (non-hydrogen) atoms. The van der Waals surface area contributed by atoms with Crippen molar-refractivity contribution in [3.63, 3.8) is 0 Å². The SMILES string of the molecule is CCOc1cc(N)ccc1C=Cc1ccc(N)cc1S(=O)(=O)O. The number of ether oxygens (including phenoxy) is 1. The van der Waals surface area contributed by atoms with Crippen molar-refractivity contribution in [2.75, 3.05) is 18.1 Å². The van der Waals surface area contributed by atoms with Crippen molar-refractivity contribution < 1.29 is 17.7 Å². The predicted molar refractivity (Wildman–Crippen MR) is 91.6 cm³/mol. The smallest absolute Gasteiger partial charge is 0.295 e. The van der Waals surface area contributed by atoms with Crippen LogP contribution in [0, 0.1) is 0 Å². The quantitative estimate of drug-likeness (QED) is 0.440. The predicted octanol–water partition coefficient (Wildman–Crippen LogP) is 2.67. The van der Waals surface area contributed by atoms with Gasteiger partial charge in [-0.15, -0.1) is 0 Å². The average molecular weight is 334 g/mol. The van der Waals surface area contributed by atoms with Gasteiger partial charge in [-0.05, 0) is 36.8 Å². The van der Waals surface area contributed by atoms with E-state index in [2.05, 4.69) is 0 Å². The molecule has 0 atom stereocenters. The van der Waals surface area contributed by atoms with Crippen molar-refractivity contribution in [2.45, 2.75) is 11.8 Å². The molecule has 0 aromatic heterocycles. The fourth-order valence-electron chi connectivity index (χ4n) is 2.06. The van der Waals surface area contributed by atoms with Gasteiger partial charge in [0, 0.05) is 23.0 Å². The monoisotopic (exact) mass is 334 g/mol. The molecule has 0 saturated heterocycles. The van der Waals surface area contributed by atoms with Gasteiger partial charge in [-0.25, -0.2) is 0 Å². The highest BCUT2D eigenvalue weighted by Crippen LogP contribution is 2.26. The Morgan fingerprint density at radius 1 is 1.04 bits per heavy atom. The third-order valence-corrected chi connectivity index (χ3v) is 4.00. The van der Waals surface area contributed by atoms with E-state index in [-0.39, 0.29) is 10.6 Å². The van der Waals surface area contributed by atoms with Crippen molar-refractivity contribution in [1.29, 1.82) is 0 Å². The summed E-state index contributed by atoms with van der Waals surface area (Å²) in [4.78, 5) is -0.248. The normalized spacial score (nSPS) is 11.7. The Balaban J connectivity index is 2.46. The lowest BCUT2D eigenvalue weighted by Crippen LogP contribution is -2.02. The zero-order chi connectivity index (χ0) is 17.0. The van der Waals surface area contributed by atoms with E-state index < -0.39 is 10.1 Å². The molecule has 0 aliphatic rings. The molecule has 0 heterocycles. The first-order valence-electron chi connectivity index (χ1n) is 6.88. The molecule has 0 fully saturated rings. The Bertz CT molecular complexity index is 845. The minimum atomic E-state index is -4.37. The second-order valence-electron chi connectivity index (χ2n) is 4.84. The van der Waals surface area contributed by atoms with Crippen molar-refractivity contribution in [2.24, 2.45) is 0 Å². The van der Waals surface area contributed by atoms with Crippen LogP contribution in [0.15, 0.2) is 41.3 Å². The van der Waals surface area contributed by atoms with Crippen LogP contribution in [0.3, 0.4) is 0 Å². The fourth-order valence-corrected chi connectivity index (χ4v) is 2.78. The van der Waals surface area contributed by atoms with Gasteiger partial charge in [0.15, 0.2) is 0 Å². The average Bonchev–Trinajstić information content (AvgIpc) is 2.47. The molecular weight excluding hydrogens is 316 g/mol. The Morgan fingerprint density at radius 3 is 2.22 bits per heavy atom. The summed E-state index contributed by atoms with van der Waals surface area (Å²) in [6, 6.07) is 9.46. The van der Waals surface area contributed by atoms with E-state index in [1.54, 1.807) is 36.4 Å². The van der Waals surface area contributed by atoms with Crippen LogP contribution in [0.1, 0.15) is 18.1 Å². The molecule has 0 aliphatic carbocycles. The van der Waals surface area contributed by atoms with E-state index in [0.29, 0.717) is 23.6 Å². The summed E-state index contributed by atoms with van der Waals surface area (Å²) in [6.07, 6.45) is 3.25. The van der Waals surface area contributed by atoms with E-state index in [0.717, 1.165) is 5.56 Å². The van der Waals surface area contributed by atoms with Crippen LogP contribution in [0.4, 0.5) is 11.4 Å². The summed E-state index contributed by atoms with van der Waals surface area (Å²) in [5, 5.41) is 0. The largest absolute Gasteiger partial charge is 0.493 e. The standard InChI is InChI=1S/C16H18N2O4S/c1-2-22-15-9-13(17)7-5-11(15)3-4-12-6-8-14(18)10-16(12)23(19,20)21/h3-10H,2,17-18H2,1H3,(H,19,20,21). The first-order chi connectivity index (χ1) is 10.8. The highest BCUT2D eigenvalue weighted by Gasteiger charge is 2.14. The Hall–Kier alpha value is -2.51. The second-order valence-corrected chi connectivity index (χ2v) is 6.23. The molecule has 0 radical (unpaired) electrons. The minimum absolute atomic E-state index is 0.247. The summed E-state index contributed by atoms with van der Waals surface area (Å²) in [5.74, 6) is 0.590. The maximum atomic E-state index is 11.5. The van der Waals surface area contributed by atoms with Crippen molar-refractivity contribution in [3.05, 3.63) is 47.5 Å². The number of rotatable bonds is 5. The summed E-state index contributed by atoms with van der Waals surface area (Å²) >= 11 is 0. The molecule has 2 aromatic carbocycles. The lowest BCUT2D eigenvalue weighted by molar-refractivity contribution is 0.340. The van der Waals surface area contributed by atoms with Crippen LogP contribution < -0.4 is 16.2 Å². The first-order valence-corrected chi connectivity index (χ1v) is 8.32. The van der Waals surface area contributed by atoms with Crippen LogP contribution >= 0.6 is 0 Å². The molecule has 0 saturated carbocycles. The molecule has 0 unspecified atom stereocenters. The van der Waals surface area contributed by atoms with Gasteiger partial charge in [-0.1, -0.05) is 18.2 Å². The van der Waals surface area contributed by atoms with Gasteiger partial charge in [0.25, 0.3) is 10.1 Å². The van der Waals surface area contributed by atoms with Gasteiger partial charge < -0.3 is 16.2 Å². The van der Waals surface area contributed by atoms with Crippen LogP contribution in [-0.4, -0.2) is 19.6 Å². The Labute approximate surface area is 135 Å². The van der Waals surface area contributed by atoms with Gasteiger partial charge in [-0.2, -0.15) is 8.42 Å². The van der Waals surface area contributed by atoms with Gasteiger partial charge in [0.1, 0.15) is 10.6 Å². The van der Waals surface area contributed by atoms with E-state index >= 15 is 0 Å². The minimum Gasteiger partial charge on any atom is -0.493 e. The van der Waals surface area contributed by atoms with Crippen molar-refractivity contribution in [3.8, 4) is 5.75 Å². The van der Waals surface area contributed by atoms with E-state index in [9.17, 15) is 13.0 Å². The third kappa shape index (κ3) is 4.24. The van der Waals surface area contributed by atoms with Gasteiger partial charge >= 0.3 is 0 Å². The number of hydrogen-bond donors (Lipinski definition) is 3. The van der Waals surface area contributed by atoms with E-state index in [4.69, 9.17) is 16.2 Å². The molecule has 0 aliphatic heterocycles. The highest BCUT2D eigenvalue weighted by molar-refractivity contribution is 7.86. The molecule has 0 amide bonds. The summed E-state index contributed by atoms with van der Waals surface area (Å²) in [7, 11) is -4.37. The van der Waals surface area contributed by atoms with Crippen molar-refractivity contribution >= 4 is 33.6 Å². The van der Waals surface area contributed by atoms with Gasteiger partial charge in [0.05, 0.1) is 6.61 Å². The Kier molecular flexibility index (Phi) is 4.92. The van der Waals surface area contributed by atoms with Crippen LogP contribution in [0.2, 0.25) is 0 Å². The van der Waals surface area contributed by atoms with Crippen LogP contribution in [0.25, 0.3) is 12.2 Å². The third-order valence-electron chi connectivity index (χ3n) is 3.10. The summed E-state index contributed by atoms with van der Waals surface area (Å²) in [5.41, 5.74) is 13.2. The highest BCUT2D eigenvalue weighted by atomic mass is 32.2. The van der Waals surface area contributed by atoms with Crippen LogP contribution in [0.5, 0.6) is 5.75 Å². The zero-order valence-electron chi connectivity index (χ0n) is 12.6. The number of nitrogen functional groups attached to an aromatic ring is 2. The zero-order valence-corrected chi connectivity index (χ0v) is 13.4. The maximum Gasteiger partial charge on any atom is 0.295 e.